The number of tetrazole rings is 1. The molecule has 2 aromatic heterocycles. The van der Waals surface area contributed by atoms with E-state index in [0.717, 1.165) is 32.7 Å². The molecular weight excluding hydrogens is 608 g/mol. The summed E-state index contributed by atoms with van der Waals surface area (Å²) < 4.78 is 10.3. The third-order valence-electron chi connectivity index (χ3n) is 7.41. The van der Waals surface area contributed by atoms with Crippen LogP contribution in [-0.2, 0) is 40.7 Å². The summed E-state index contributed by atoms with van der Waals surface area (Å²) in [5, 5.41) is 22.0. The number of anilines is 1. The van der Waals surface area contributed by atoms with E-state index in [0.29, 0.717) is 48.0 Å². The summed E-state index contributed by atoms with van der Waals surface area (Å²) in [6, 6.07) is 21.5. The van der Waals surface area contributed by atoms with Crippen molar-refractivity contribution in [1.82, 2.24) is 30.2 Å². The second-order valence-electron chi connectivity index (χ2n) is 10.6. The minimum Gasteiger partial charge on any atom is -0.409 e. The van der Waals surface area contributed by atoms with E-state index in [-0.39, 0.29) is 25.0 Å². The topological polar surface area (TPSA) is 178 Å². The number of aryl methyl sites for hydroxylation is 2. The van der Waals surface area contributed by atoms with Crippen molar-refractivity contribution in [2.75, 3.05) is 4.90 Å². The van der Waals surface area contributed by atoms with Crippen LogP contribution in [0.2, 0.25) is 0 Å². The van der Waals surface area contributed by atoms with E-state index >= 15 is 0 Å². The summed E-state index contributed by atoms with van der Waals surface area (Å²) in [5.74, 6) is 1.79. The van der Waals surface area contributed by atoms with Gasteiger partial charge in [-0.2, -0.15) is 0 Å². The second kappa shape index (κ2) is 13.4. The molecule has 5 aromatic rings. The fraction of sp³-hybridized carbons (Fsp3) is 0.219. The van der Waals surface area contributed by atoms with Gasteiger partial charge < -0.3 is 14.3 Å². The summed E-state index contributed by atoms with van der Waals surface area (Å²) in [5.41, 5.74) is 5.78. The van der Waals surface area contributed by atoms with Crippen LogP contribution >= 0.6 is 0 Å². The van der Waals surface area contributed by atoms with Gasteiger partial charge in [-0.3, -0.25) is 9.69 Å². The molecule has 1 aliphatic rings. The Morgan fingerprint density at radius 3 is 2.53 bits per heavy atom. The van der Waals surface area contributed by atoms with Gasteiger partial charge in [0.05, 0.1) is 6.54 Å². The van der Waals surface area contributed by atoms with E-state index in [9.17, 15) is 19.7 Å². The average Bonchev–Trinajstić information content (AvgIpc) is 3.54. The smallest absolute Gasteiger partial charge is 0.409 e. The molecule has 0 aliphatic carbocycles. The lowest BCUT2D eigenvalue weighted by molar-refractivity contribution is -0.763. The molecule has 0 fully saturated rings. The van der Waals surface area contributed by atoms with E-state index in [2.05, 4.69) is 30.2 Å². The first-order valence-electron chi connectivity index (χ1n) is 14.6. The Morgan fingerprint density at radius 2 is 1.74 bits per heavy atom. The Bertz CT molecular complexity index is 1960. The molecule has 0 bridgehead atoms. The highest BCUT2D eigenvalue weighted by molar-refractivity contribution is 5.95. The van der Waals surface area contributed by atoms with Crippen molar-refractivity contribution in [2.45, 2.75) is 46.6 Å². The number of carbonyl (C=O) groups is 2. The molecule has 0 radical (unpaired) electrons. The molecule has 0 unspecified atom stereocenters. The van der Waals surface area contributed by atoms with Gasteiger partial charge in [-0.15, -0.1) is 25.1 Å². The number of ether oxygens (including phenoxy) is 2. The number of nitrogens with zero attached hydrogens (tertiary/aromatic N) is 8. The lowest BCUT2D eigenvalue weighted by Crippen LogP contribution is -2.36. The molecular formula is C32H28N8O7. The monoisotopic (exact) mass is 636 g/mol. The fourth-order valence-corrected chi connectivity index (χ4v) is 5.25. The zero-order valence-corrected chi connectivity index (χ0v) is 25.4. The maximum Gasteiger partial charge on any atom is 0.515 e. The lowest BCUT2D eigenvalue weighted by atomic mass is 9.98. The van der Waals surface area contributed by atoms with Gasteiger partial charge in [0, 0.05) is 23.2 Å². The molecule has 0 spiro atoms. The molecule has 47 heavy (non-hydrogen) atoms. The van der Waals surface area contributed by atoms with Crippen LogP contribution < -0.4 is 9.64 Å². The van der Waals surface area contributed by atoms with Gasteiger partial charge in [0.25, 0.3) is 5.09 Å². The molecule has 0 saturated heterocycles. The highest BCUT2D eigenvalue weighted by Gasteiger charge is 2.28. The van der Waals surface area contributed by atoms with Crippen molar-refractivity contribution in [3.05, 3.63) is 111 Å². The maximum absolute atomic E-state index is 12.9. The van der Waals surface area contributed by atoms with Crippen LogP contribution in [0.4, 0.5) is 10.6 Å². The number of hydrogen-bond acceptors (Lipinski definition) is 12. The van der Waals surface area contributed by atoms with Gasteiger partial charge in [0.15, 0.2) is 0 Å². The van der Waals surface area contributed by atoms with Crippen LogP contribution in [0.3, 0.4) is 0 Å². The average molecular weight is 637 g/mol. The first-order chi connectivity index (χ1) is 22.7. The van der Waals surface area contributed by atoms with Crippen LogP contribution in [0.15, 0.2) is 72.8 Å². The lowest BCUT2D eigenvalue weighted by Gasteiger charge is -2.29. The Morgan fingerprint density at radius 1 is 0.957 bits per heavy atom. The minimum absolute atomic E-state index is 0.0327. The molecule has 1 aliphatic heterocycles. The summed E-state index contributed by atoms with van der Waals surface area (Å²) >= 11 is 0. The molecule has 0 saturated carbocycles. The molecule has 3 aromatic carbocycles. The third kappa shape index (κ3) is 7.19. The predicted molar refractivity (Wildman–Crippen MR) is 165 cm³/mol. The number of hydrogen-bond donors (Lipinski definition) is 0. The van der Waals surface area contributed by atoms with E-state index < -0.39 is 11.2 Å². The Labute approximate surface area is 267 Å². The molecule has 1 amide bonds. The molecule has 3 heterocycles. The van der Waals surface area contributed by atoms with Crippen LogP contribution in [0.25, 0.3) is 22.5 Å². The first kappa shape index (κ1) is 30.8. The summed E-state index contributed by atoms with van der Waals surface area (Å²) in [4.78, 5) is 51.8. The van der Waals surface area contributed by atoms with E-state index in [4.69, 9.17) is 9.47 Å². The van der Waals surface area contributed by atoms with Gasteiger partial charge >= 0.3 is 6.16 Å². The highest BCUT2D eigenvalue weighted by atomic mass is 16.9. The first-order valence-corrected chi connectivity index (χ1v) is 14.6. The quantitative estimate of drug-likeness (QED) is 0.0888. The van der Waals surface area contributed by atoms with E-state index in [1.807, 2.05) is 62.4 Å². The van der Waals surface area contributed by atoms with Gasteiger partial charge in [-0.1, -0.05) is 60.7 Å². The highest BCUT2D eigenvalue weighted by Crippen LogP contribution is 2.32. The van der Waals surface area contributed by atoms with Gasteiger partial charge in [0.2, 0.25) is 18.5 Å². The van der Waals surface area contributed by atoms with Crippen LogP contribution in [-0.4, -0.2) is 47.3 Å². The van der Waals surface area contributed by atoms with Crippen molar-refractivity contribution < 1.29 is 29.0 Å². The number of rotatable bonds is 10. The number of amides is 1. The van der Waals surface area contributed by atoms with Crippen LogP contribution in [0.1, 0.15) is 34.6 Å². The van der Waals surface area contributed by atoms with Crippen molar-refractivity contribution in [3.8, 4) is 28.3 Å². The Hall–Kier alpha value is -6.25. The number of benzene rings is 3. The number of carbonyl (C=O) groups excluding carboxylic acids is 2. The summed E-state index contributed by atoms with van der Waals surface area (Å²) in [6.07, 6.45) is 0.0361. The minimum atomic E-state index is -1.02. The standard InChI is InChI=1S/C32H28N8O7/c1-20-26-14-15-29(41)38(31(26)34-21(2)33-20)17-22-10-12-24(13-11-22)27-8-3-4-9-28(27)30-35-37-39(36-30)19-45-32(42)47-25-7-5-6-23(16-25)18-46-40(43)44/h3-13,16H,14-15,17-19H2,1-2H3. The summed E-state index contributed by atoms with van der Waals surface area (Å²) in [6.45, 7) is 3.51. The van der Waals surface area contributed by atoms with Gasteiger partial charge in [-0.25, -0.2) is 14.8 Å². The number of fused-ring (bicyclic) bond motifs is 1. The normalized spacial score (nSPS) is 12.4. The van der Waals surface area contributed by atoms with Crippen molar-refractivity contribution >= 4 is 17.9 Å². The largest absolute Gasteiger partial charge is 0.515 e. The maximum atomic E-state index is 12.9. The Kier molecular flexibility index (Phi) is 8.77. The molecule has 15 heteroatoms. The second-order valence-corrected chi connectivity index (χ2v) is 10.6. The molecule has 0 atom stereocenters. The zero-order chi connectivity index (χ0) is 32.9. The van der Waals surface area contributed by atoms with Gasteiger partial charge in [-0.05, 0) is 59.9 Å². The van der Waals surface area contributed by atoms with Crippen molar-refractivity contribution in [2.24, 2.45) is 0 Å². The van der Waals surface area contributed by atoms with Crippen LogP contribution in [0.5, 0.6) is 5.75 Å². The van der Waals surface area contributed by atoms with Crippen LogP contribution in [0, 0.1) is 24.0 Å². The van der Waals surface area contributed by atoms with E-state index in [1.54, 1.807) is 17.0 Å². The summed E-state index contributed by atoms with van der Waals surface area (Å²) in [7, 11) is 0. The molecule has 6 rings (SSSR count). The van der Waals surface area contributed by atoms with Crippen molar-refractivity contribution in [3.63, 3.8) is 0 Å². The number of aromatic nitrogens is 6. The molecule has 0 N–H and O–H groups in total. The molecule has 15 nitrogen and oxygen atoms in total. The van der Waals surface area contributed by atoms with E-state index in [1.165, 1.54) is 12.1 Å². The van der Waals surface area contributed by atoms with Gasteiger partial charge in [0.1, 0.15) is 24.0 Å². The fourth-order valence-electron chi connectivity index (χ4n) is 5.25. The predicted octanol–water partition coefficient (Wildman–Crippen LogP) is 4.77. The Balaban J connectivity index is 1.11. The SMILES string of the molecule is Cc1nc(C)c2c(n1)N(Cc1ccc(-c3ccccc3-c3nnn(COC(=O)Oc4cccc(CO[N+](=O)[O-])c4)n3)cc1)C(=O)CC2. The van der Waals surface area contributed by atoms with Crippen molar-refractivity contribution in [1.29, 1.82) is 0 Å². The third-order valence-corrected chi connectivity index (χ3v) is 7.41. The zero-order valence-electron chi connectivity index (χ0n) is 25.4. The molecule has 238 valence electrons.